The quantitative estimate of drug-likeness (QED) is 0.761. The summed E-state index contributed by atoms with van der Waals surface area (Å²) in [5.74, 6) is -1.29. The molecule has 0 aromatic heterocycles. The van der Waals surface area contributed by atoms with Crippen molar-refractivity contribution in [3.8, 4) is 5.75 Å². The Morgan fingerprint density at radius 3 is 2.60 bits per heavy atom. The van der Waals surface area contributed by atoms with Crippen molar-refractivity contribution < 1.29 is 15.0 Å². The maximum atomic E-state index is 10.5. The Morgan fingerprint density at radius 2 is 2.07 bits per heavy atom. The summed E-state index contributed by atoms with van der Waals surface area (Å²) in [4.78, 5) is 10.5. The van der Waals surface area contributed by atoms with Gasteiger partial charge < -0.3 is 15.9 Å². The summed E-state index contributed by atoms with van der Waals surface area (Å²) in [7, 11) is 0. The largest absolute Gasteiger partial charge is 0.506 e. The Morgan fingerprint density at radius 1 is 1.47 bits per heavy atom. The van der Waals surface area contributed by atoms with Gasteiger partial charge in [0.15, 0.2) is 0 Å². The van der Waals surface area contributed by atoms with Gasteiger partial charge in [0.1, 0.15) is 11.8 Å². The number of hydrogen-bond acceptors (Lipinski definition) is 3. The molecule has 4 N–H and O–H groups in total. The molecule has 0 radical (unpaired) electrons. The van der Waals surface area contributed by atoms with Gasteiger partial charge >= 0.3 is 5.97 Å². The van der Waals surface area contributed by atoms with Gasteiger partial charge in [0.25, 0.3) is 0 Å². The van der Waals surface area contributed by atoms with Crippen molar-refractivity contribution in [1.82, 2.24) is 0 Å². The van der Waals surface area contributed by atoms with Crippen LogP contribution in [0.3, 0.4) is 0 Å². The molecule has 0 bridgehead atoms. The lowest BCUT2D eigenvalue weighted by Crippen LogP contribution is -2.32. The average molecular weight is 250 g/mol. The first kappa shape index (κ1) is 12.1. The summed E-state index contributed by atoms with van der Waals surface area (Å²) in [6.45, 7) is 0. The number of halogens is 2. The van der Waals surface area contributed by atoms with Crippen molar-refractivity contribution in [3.63, 3.8) is 0 Å². The standard InChI is InChI=1S/C9H9Cl2NO3/c10-5-1-2-7(13)8(11)4(5)3-6(12)9(14)15/h1-2,6,13H,3,12H2,(H,14,15). The molecular weight excluding hydrogens is 241 g/mol. The van der Waals surface area contributed by atoms with Crippen molar-refractivity contribution in [3.05, 3.63) is 27.7 Å². The minimum Gasteiger partial charge on any atom is -0.506 e. The van der Waals surface area contributed by atoms with Gasteiger partial charge in [0.2, 0.25) is 0 Å². The number of carboxylic acid groups (broad SMARTS) is 1. The summed E-state index contributed by atoms with van der Waals surface area (Å²) in [5.41, 5.74) is 5.68. The molecule has 0 saturated heterocycles. The number of aromatic hydroxyl groups is 1. The van der Waals surface area contributed by atoms with E-state index in [2.05, 4.69) is 0 Å². The molecular formula is C9H9Cl2NO3. The summed E-state index contributed by atoms with van der Waals surface area (Å²) >= 11 is 11.6. The first-order valence-electron chi connectivity index (χ1n) is 4.07. The number of nitrogens with two attached hydrogens (primary N) is 1. The van der Waals surface area contributed by atoms with Crippen LogP contribution >= 0.6 is 23.2 Å². The lowest BCUT2D eigenvalue weighted by molar-refractivity contribution is -0.138. The van der Waals surface area contributed by atoms with E-state index in [0.29, 0.717) is 5.56 Å². The topological polar surface area (TPSA) is 83.5 Å². The Bertz CT molecular complexity index is 395. The molecule has 0 aliphatic rings. The number of benzene rings is 1. The Hall–Kier alpha value is -0.970. The van der Waals surface area contributed by atoms with E-state index in [4.69, 9.17) is 34.0 Å². The van der Waals surface area contributed by atoms with Crippen LogP contribution in [0.25, 0.3) is 0 Å². The Balaban J connectivity index is 3.03. The molecule has 1 unspecified atom stereocenters. The molecule has 0 aliphatic carbocycles. The van der Waals surface area contributed by atoms with Gasteiger partial charge in [-0.15, -0.1) is 0 Å². The average Bonchev–Trinajstić information content (AvgIpc) is 2.18. The summed E-state index contributed by atoms with van der Waals surface area (Å²) < 4.78 is 0. The van der Waals surface area contributed by atoms with E-state index in [1.807, 2.05) is 0 Å². The van der Waals surface area contributed by atoms with Crippen LogP contribution in [0.2, 0.25) is 10.0 Å². The highest BCUT2D eigenvalue weighted by Gasteiger charge is 2.18. The number of rotatable bonds is 3. The van der Waals surface area contributed by atoms with Crippen LogP contribution in [0.5, 0.6) is 5.75 Å². The van der Waals surface area contributed by atoms with Crippen molar-refractivity contribution in [1.29, 1.82) is 0 Å². The second-order valence-corrected chi connectivity index (χ2v) is 3.79. The predicted molar refractivity (Wildman–Crippen MR) is 57.4 cm³/mol. The Kier molecular flexibility index (Phi) is 3.79. The number of carbonyl (C=O) groups is 1. The summed E-state index contributed by atoms with van der Waals surface area (Å²) in [6, 6.07) is 1.68. The van der Waals surface area contributed by atoms with Gasteiger partial charge in [-0.2, -0.15) is 0 Å². The third-order valence-corrected chi connectivity index (χ3v) is 2.68. The highest BCUT2D eigenvalue weighted by molar-refractivity contribution is 6.36. The molecule has 1 aromatic rings. The second kappa shape index (κ2) is 4.70. The fourth-order valence-electron chi connectivity index (χ4n) is 1.08. The molecule has 0 heterocycles. The van der Waals surface area contributed by atoms with Gasteiger partial charge in [0, 0.05) is 11.4 Å². The second-order valence-electron chi connectivity index (χ2n) is 3.01. The van der Waals surface area contributed by atoms with Crippen LogP contribution in [0.4, 0.5) is 0 Å². The molecule has 1 rings (SSSR count). The van der Waals surface area contributed by atoms with Crippen LogP contribution in [0.15, 0.2) is 12.1 Å². The fourth-order valence-corrected chi connectivity index (χ4v) is 1.60. The molecule has 0 saturated carbocycles. The fraction of sp³-hybridized carbons (Fsp3) is 0.222. The zero-order valence-corrected chi connectivity index (χ0v) is 9.09. The van der Waals surface area contributed by atoms with Gasteiger partial charge in [-0.25, -0.2) is 0 Å². The van der Waals surface area contributed by atoms with E-state index in [1.54, 1.807) is 0 Å². The van der Waals surface area contributed by atoms with Crippen molar-refractivity contribution >= 4 is 29.2 Å². The number of hydrogen-bond donors (Lipinski definition) is 3. The SMILES string of the molecule is NC(Cc1c(Cl)ccc(O)c1Cl)C(=O)O. The zero-order valence-electron chi connectivity index (χ0n) is 7.58. The van der Waals surface area contributed by atoms with Gasteiger partial charge in [-0.3, -0.25) is 4.79 Å². The Labute approximate surface area is 96.2 Å². The summed E-state index contributed by atoms with van der Waals surface area (Å²) in [5, 5.41) is 18.2. The molecule has 1 atom stereocenters. The van der Waals surface area contributed by atoms with Gasteiger partial charge in [-0.1, -0.05) is 23.2 Å². The summed E-state index contributed by atoms with van der Waals surface area (Å²) in [6.07, 6.45) is -0.0264. The minimum atomic E-state index is -1.15. The first-order chi connectivity index (χ1) is 6.93. The van der Waals surface area contributed by atoms with Gasteiger partial charge in [0.05, 0.1) is 5.02 Å². The maximum absolute atomic E-state index is 10.5. The number of phenolic OH excluding ortho intramolecular Hbond substituents is 1. The monoisotopic (exact) mass is 249 g/mol. The third-order valence-electron chi connectivity index (χ3n) is 1.91. The van der Waals surface area contributed by atoms with Crippen molar-refractivity contribution in [2.45, 2.75) is 12.5 Å². The van der Waals surface area contributed by atoms with E-state index in [0.717, 1.165) is 0 Å². The minimum absolute atomic E-state index is 0.0264. The van der Waals surface area contributed by atoms with Crippen molar-refractivity contribution in [2.24, 2.45) is 5.73 Å². The van der Waals surface area contributed by atoms with Crippen LogP contribution in [0.1, 0.15) is 5.56 Å². The molecule has 0 spiro atoms. The van der Waals surface area contributed by atoms with Crippen LogP contribution in [-0.4, -0.2) is 22.2 Å². The predicted octanol–water partition coefficient (Wildman–Crippen LogP) is 1.65. The van der Waals surface area contributed by atoms with Gasteiger partial charge in [-0.05, 0) is 17.7 Å². The zero-order chi connectivity index (χ0) is 11.6. The molecule has 0 amide bonds. The lowest BCUT2D eigenvalue weighted by Gasteiger charge is -2.10. The normalized spacial score (nSPS) is 12.5. The van der Waals surface area contributed by atoms with Crippen LogP contribution in [0, 0.1) is 0 Å². The molecule has 82 valence electrons. The van der Waals surface area contributed by atoms with Crippen molar-refractivity contribution in [2.75, 3.05) is 0 Å². The molecule has 4 nitrogen and oxygen atoms in total. The molecule has 0 fully saturated rings. The number of phenols is 1. The maximum Gasteiger partial charge on any atom is 0.320 e. The number of carboxylic acids is 1. The molecule has 0 aliphatic heterocycles. The third kappa shape index (κ3) is 2.75. The van der Waals surface area contributed by atoms with E-state index in [-0.39, 0.29) is 22.2 Å². The molecule has 6 heteroatoms. The lowest BCUT2D eigenvalue weighted by atomic mass is 10.1. The molecule has 1 aromatic carbocycles. The van der Waals surface area contributed by atoms with E-state index >= 15 is 0 Å². The van der Waals surface area contributed by atoms with E-state index in [1.165, 1.54) is 12.1 Å². The van der Waals surface area contributed by atoms with Crippen LogP contribution in [-0.2, 0) is 11.2 Å². The van der Waals surface area contributed by atoms with E-state index < -0.39 is 12.0 Å². The van der Waals surface area contributed by atoms with Crippen LogP contribution < -0.4 is 5.73 Å². The highest BCUT2D eigenvalue weighted by Crippen LogP contribution is 2.33. The molecule has 15 heavy (non-hydrogen) atoms. The first-order valence-corrected chi connectivity index (χ1v) is 4.83. The van der Waals surface area contributed by atoms with E-state index in [9.17, 15) is 9.90 Å². The highest BCUT2D eigenvalue weighted by atomic mass is 35.5. The smallest absolute Gasteiger partial charge is 0.320 e. The number of aliphatic carboxylic acids is 1.